The van der Waals surface area contributed by atoms with E-state index in [1.54, 1.807) is 24.3 Å². The summed E-state index contributed by atoms with van der Waals surface area (Å²) in [6.45, 7) is 9.84. The van der Waals surface area contributed by atoms with Gasteiger partial charge in [0.25, 0.3) is 0 Å². The van der Waals surface area contributed by atoms with E-state index in [2.05, 4.69) is 17.1 Å². The van der Waals surface area contributed by atoms with Gasteiger partial charge < -0.3 is 10.1 Å². The third kappa shape index (κ3) is 5.70. The maximum Gasteiger partial charge on any atom is 0.337 e. The fraction of sp³-hybridized carbons (Fsp3) is 0.400. The van der Waals surface area contributed by atoms with E-state index >= 15 is 0 Å². The first kappa shape index (κ1) is 21.6. The van der Waals surface area contributed by atoms with Crippen molar-refractivity contribution in [3.63, 3.8) is 0 Å². The molecule has 3 rings (SSSR count). The summed E-state index contributed by atoms with van der Waals surface area (Å²) in [5, 5.41) is 3.00. The van der Waals surface area contributed by atoms with Crippen LogP contribution in [0.15, 0.2) is 42.5 Å². The van der Waals surface area contributed by atoms with E-state index in [-0.39, 0.29) is 5.91 Å². The minimum atomic E-state index is -0.429. The summed E-state index contributed by atoms with van der Waals surface area (Å²) in [6.07, 6.45) is 5.20. The van der Waals surface area contributed by atoms with Crippen LogP contribution in [0.2, 0.25) is 0 Å². The Morgan fingerprint density at radius 3 is 2.57 bits per heavy atom. The third-order valence-electron chi connectivity index (χ3n) is 5.82. The van der Waals surface area contributed by atoms with Crippen LogP contribution in [-0.2, 0) is 16.1 Å². The van der Waals surface area contributed by atoms with Crippen LogP contribution in [-0.4, -0.2) is 19.0 Å². The molecule has 156 valence electrons. The van der Waals surface area contributed by atoms with Crippen LogP contribution in [0.1, 0.15) is 54.9 Å². The molecule has 0 heterocycles. The highest BCUT2D eigenvalue weighted by Crippen LogP contribution is 2.30. The zero-order valence-electron chi connectivity index (χ0n) is 17.6. The van der Waals surface area contributed by atoms with Crippen molar-refractivity contribution < 1.29 is 14.3 Å². The summed E-state index contributed by atoms with van der Waals surface area (Å²) < 4.78 is 4.89. The Hall–Kier alpha value is -3.13. The van der Waals surface area contributed by atoms with Crippen LogP contribution in [0, 0.1) is 18.4 Å². The lowest BCUT2D eigenvalue weighted by Crippen LogP contribution is -2.26. The summed E-state index contributed by atoms with van der Waals surface area (Å²) in [5.74, 6) is 0.858. The van der Waals surface area contributed by atoms with Gasteiger partial charge in [-0.05, 0) is 65.6 Å². The number of nitrogens with zero attached hydrogens (tertiary/aromatic N) is 1. The number of nitrogens with one attached hydrogen (secondary N) is 1. The van der Waals surface area contributed by atoms with Crippen molar-refractivity contribution in [1.29, 1.82) is 0 Å². The molecule has 1 fully saturated rings. The zero-order chi connectivity index (χ0) is 21.5. The molecule has 2 aromatic carbocycles. The first-order valence-electron chi connectivity index (χ1n) is 10.5. The lowest BCUT2D eigenvalue weighted by Gasteiger charge is -2.25. The lowest BCUT2D eigenvalue weighted by molar-refractivity contribution is -0.122. The van der Waals surface area contributed by atoms with Crippen molar-refractivity contribution in [2.24, 2.45) is 11.8 Å². The van der Waals surface area contributed by atoms with Crippen molar-refractivity contribution in [1.82, 2.24) is 5.32 Å². The molecule has 1 aliphatic carbocycles. The SMILES string of the molecule is [C-]#[N+]c1cccc(-c2cc(CNC(=O)CC3CCC(C)CC3)cc(C(=O)OC)c2)c1. The number of hydrogen-bond donors (Lipinski definition) is 1. The number of carbonyl (C=O) groups excluding carboxylic acids is 2. The summed E-state index contributed by atoms with van der Waals surface area (Å²) >= 11 is 0. The van der Waals surface area contributed by atoms with Crippen LogP contribution >= 0.6 is 0 Å². The van der Waals surface area contributed by atoms with E-state index in [0.29, 0.717) is 30.1 Å². The minimum Gasteiger partial charge on any atom is -0.465 e. The molecule has 0 bridgehead atoms. The van der Waals surface area contributed by atoms with Gasteiger partial charge in [0.15, 0.2) is 5.69 Å². The van der Waals surface area contributed by atoms with Gasteiger partial charge in [0, 0.05) is 13.0 Å². The Morgan fingerprint density at radius 1 is 1.10 bits per heavy atom. The standard InChI is InChI=1S/C25H28N2O3/c1-17-7-9-18(10-8-17)13-24(28)27-16-19-11-21(14-22(12-19)25(29)30-3)20-5-4-6-23(15-20)26-2/h4-6,11-12,14-15,17-18H,7-10,13,16H2,1,3H3,(H,27,28). The van der Waals surface area contributed by atoms with E-state index in [0.717, 1.165) is 35.4 Å². The van der Waals surface area contributed by atoms with Crippen molar-refractivity contribution >= 4 is 17.6 Å². The Kier molecular flexibility index (Phi) is 7.24. The van der Waals surface area contributed by atoms with Gasteiger partial charge in [-0.1, -0.05) is 38.0 Å². The van der Waals surface area contributed by atoms with Gasteiger partial charge in [0.05, 0.1) is 19.2 Å². The average molecular weight is 405 g/mol. The van der Waals surface area contributed by atoms with Gasteiger partial charge in [-0.3, -0.25) is 4.79 Å². The predicted molar refractivity (Wildman–Crippen MR) is 117 cm³/mol. The Bertz CT molecular complexity index is 953. The Labute approximate surface area is 178 Å². The van der Waals surface area contributed by atoms with E-state index in [9.17, 15) is 9.59 Å². The largest absolute Gasteiger partial charge is 0.465 e. The van der Waals surface area contributed by atoms with Crippen molar-refractivity contribution in [2.45, 2.75) is 45.6 Å². The molecule has 1 N–H and O–H groups in total. The van der Waals surface area contributed by atoms with E-state index in [1.165, 1.54) is 20.0 Å². The second-order valence-electron chi connectivity index (χ2n) is 8.18. The number of hydrogen-bond acceptors (Lipinski definition) is 3. The average Bonchev–Trinajstić information content (AvgIpc) is 2.78. The molecular formula is C25H28N2O3. The molecule has 0 unspecified atom stereocenters. The monoisotopic (exact) mass is 404 g/mol. The molecule has 0 atom stereocenters. The second kappa shape index (κ2) is 10.1. The topological polar surface area (TPSA) is 59.8 Å². The van der Waals surface area contributed by atoms with Gasteiger partial charge in [-0.15, -0.1) is 0 Å². The van der Waals surface area contributed by atoms with Crippen LogP contribution < -0.4 is 5.32 Å². The highest BCUT2D eigenvalue weighted by Gasteiger charge is 2.20. The highest BCUT2D eigenvalue weighted by atomic mass is 16.5. The molecule has 0 saturated heterocycles. The highest BCUT2D eigenvalue weighted by molar-refractivity contribution is 5.91. The molecule has 5 nitrogen and oxygen atoms in total. The number of methoxy groups -OCH3 is 1. The molecule has 0 radical (unpaired) electrons. The predicted octanol–water partition coefficient (Wildman–Crippen LogP) is 5.52. The number of esters is 1. The second-order valence-corrected chi connectivity index (χ2v) is 8.18. The fourth-order valence-electron chi connectivity index (χ4n) is 4.02. The maximum atomic E-state index is 12.4. The lowest BCUT2D eigenvalue weighted by atomic mass is 9.81. The van der Waals surface area contributed by atoms with Crippen LogP contribution in [0.25, 0.3) is 16.0 Å². The summed E-state index contributed by atoms with van der Waals surface area (Å²) in [7, 11) is 1.35. The van der Waals surface area contributed by atoms with Crippen molar-refractivity contribution in [3.8, 4) is 11.1 Å². The molecule has 2 aromatic rings. The van der Waals surface area contributed by atoms with Crippen LogP contribution in [0.5, 0.6) is 0 Å². The van der Waals surface area contributed by atoms with Crippen LogP contribution in [0.3, 0.4) is 0 Å². The molecule has 0 aromatic heterocycles. The number of rotatable bonds is 6. The van der Waals surface area contributed by atoms with E-state index < -0.39 is 5.97 Å². The molecule has 5 heteroatoms. The molecule has 1 saturated carbocycles. The van der Waals surface area contributed by atoms with E-state index in [1.807, 2.05) is 18.2 Å². The normalized spacial score (nSPS) is 18.3. The molecular weight excluding hydrogens is 376 g/mol. The summed E-state index contributed by atoms with van der Waals surface area (Å²) in [5.41, 5.74) is 3.44. The van der Waals surface area contributed by atoms with Gasteiger partial charge in [-0.25, -0.2) is 9.64 Å². The van der Waals surface area contributed by atoms with Gasteiger partial charge in [0.1, 0.15) is 0 Å². The molecule has 0 aliphatic heterocycles. The molecule has 0 spiro atoms. The maximum absolute atomic E-state index is 12.4. The van der Waals surface area contributed by atoms with E-state index in [4.69, 9.17) is 11.3 Å². The number of ether oxygens (including phenoxy) is 1. The molecule has 30 heavy (non-hydrogen) atoms. The first-order valence-corrected chi connectivity index (χ1v) is 10.5. The van der Waals surface area contributed by atoms with Crippen molar-refractivity contribution in [2.75, 3.05) is 7.11 Å². The molecule has 1 aliphatic rings. The number of amides is 1. The Balaban J connectivity index is 1.74. The first-order chi connectivity index (χ1) is 14.5. The number of carbonyl (C=O) groups is 2. The third-order valence-corrected chi connectivity index (χ3v) is 5.82. The van der Waals surface area contributed by atoms with Gasteiger partial charge in [0.2, 0.25) is 5.91 Å². The fourth-order valence-corrected chi connectivity index (χ4v) is 4.02. The smallest absolute Gasteiger partial charge is 0.337 e. The zero-order valence-corrected chi connectivity index (χ0v) is 17.6. The van der Waals surface area contributed by atoms with Crippen LogP contribution in [0.4, 0.5) is 5.69 Å². The van der Waals surface area contributed by atoms with Gasteiger partial charge >= 0.3 is 5.97 Å². The summed E-state index contributed by atoms with van der Waals surface area (Å²) in [6, 6.07) is 12.7. The number of benzene rings is 2. The van der Waals surface area contributed by atoms with Gasteiger partial charge in [-0.2, -0.15) is 0 Å². The molecule has 1 amide bonds. The summed E-state index contributed by atoms with van der Waals surface area (Å²) in [4.78, 5) is 28.1. The van der Waals surface area contributed by atoms with Crippen molar-refractivity contribution in [3.05, 3.63) is 65.0 Å². The quantitative estimate of drug-likeness (QED) is 0.509. The Morgan fingerprint density at radius 2 is 1.87 bits per heavy atom. The minimum absolute atomic E-state index is 0.0505.